The lowest BCUT2D eigenvalue weighted by atomic mass is 10.1. The van der Waals surface area contributed by atoms with E-state index < -0.39 is 29.4 Å². The summed E-state index contributed by atoms with van der Waals surface area (Å²) in [5, 5.41) is 8.95. The molecule has 8 heteroatoms. The highest BCUT2D eigenvalue weighted by Gasteiger charge is 2.43. The second kappa shape index (κ2) is 8.79. The number of nitrogens with zero attached hydrogens (tertiary/aromatic N) is 1. The van der Waals surface area contributed by atoms with E-state index in [-0.39, 0.29) is 12.4 Å². The van der Waals surface area contributed by atoms with E-state index in [9.17, 15) is 19.5 Å². The molecule has 1 heterocycles. The summed E-state index contributed by atoms with van der Waals surface area (Å²) in [6.45, 7) is 0.0437. The molecule has 2 aromatic rings. The maximum absolute atomic E-state index is 12.7. The van der Waals surface area contributed by atoms with Crippen molar-refractivity contribution < 1.29 is 29.0 Å². The quantitative estimate of drug-likeness (QED) is 0.768. The first-order valence-corrected chi connectivity index (χ1v) is 9.58. The van der Waals surface area contributed by atoms with E-state index >= 15 is 0 Å². The molecule has 2 unspecified atom stereocenters. The monoisotopic (exact) mass is 401 g/mol. The number of hydrogen-bond donors (Lipinski definition) is 1. The molecule has 0 aliphatic carbocycles. The Morgan fingerprint density at radius 1 is 1.14 bits per heavy atom. The number of amides is 1. The summed E-state index contributed by atoms with van der Waals surface area (Å²) in [6, 6.07) is 14.7. The highest BCUT2D eigenvalue weighted by atomic mass is 32.2. The molecule has 7 nitrogen and oxygen atoms in total. The molecule has 0 bridgehead atoms. The fourth-order valence-corrected chi connectivity index (χ4v) is 4.31. The smallest absolute Gasteiger partial charge is 0.412 e. The molecule has 1 fully saturated rings. The van der Waals surface area contributed by atoms with Gasteiger partial charge in [0.15, 0.2) is 0 Å². The van der Waals surface area contributed by atoms with Crippen LogP contribution in [-0.4, -0.2) is 46.9 Å². The highest BCUT2D eigenvalue weighted by molar-refractivity contribution is 7.99. The topological polar surface area (TPSA) is 93.1 Å². The maximum atomic E-state index is 12.7. The summed E-state index contributed by atoms with van der Waals surface area (Å²) < 4.78 is 10.1. The van der Waals surface area contributed by atoms with E-state index in [4.69, 9.17) is 9.47 Å². The van der Waals surface area contributed by atoms with Crippen LogP contribution < -0.4 is 0 Å². The van der Waals surface area contributed by atoms with E-state index in [1.54, 1.807) is 24.3 Å². The molecule has 28 heavy (non-hydrogen) atoms. The number of aliphatic carboxylic acids is 1. The van der Waals surface area contributed by atoms with Crippen molar-refractivity contribution in [3.63, 3.8) is 0 Å². The summed E-state index contributed by atoms with van der Waals surface area (Å²) in [6.07, 6.45) is -0.713. The third-order valence-corrected chi connectivity index (χ3v) is 5.62. The lowest BCUT2D eigenvalue weighted by Crippen LogP contribution is -2.43. The minimum atomic E-state index is -1.10. The van der Waals surface area contributed by atoms with Gasteiger partial charge < -0.3 is 14.6 Å². The summed E-state index contributed by atoms with van der Waals surface area (Å²) >= 11 is 1.31. The Morgan fingerprint density at radius 3 is 2.57 bits per heavy atom. The number of rotatable bonds is 5. The number of carboxylic acids is 1. The first-order chi connectivity index (χ1) is 13.5. The molecule has 1 aliphatic rings. The second-order valence-corrected chi connectivity index (χ2v) is 7.22. The van der Waals surface area contributed by atoms with Crippen molar-refractivity contribution in [1.29, 1.82) is 0 Å². The molecule has 1 aliphatic heterocycles. The van der Waals surface area contributed by atoms with Crippen LogP contribution in [0.25, 0.3) is 0 Å². The van der Waals surface area contributed by atoms with Crippen molar-refractivity contribution in [1.82, 2.24) is 4.90 Å². The molecule has 3 rings (SSSR count). The van der Waals surface area contributed by atoms with Gasteiger partial charge in [0, 0.05) is 5.75 Å². The third-order valence-electron chi connectivity index (χ3n) is 4.29. The largest absolute Gasteiger partial charge is 0.480 e. The Labute approximate surface area is 166 Å². The van der Waals surface area contributed by atoms with E-state index in [2.05, 4.69) is 0 Å². The zero-order valence-corrected chi connectivity index (χ0v) is 15.9. The van der Waals surface area contributed by atoms with Crippen LogP contribution in [0, 0.1) is 0 Å². The molecule has 0 radical (unpaired) electrons. The second-order valence-electron chi connectivity index (χ2n) is 6.10. The van der Waals surface area contributed by atoms with Crippen LogP contribution in [0.2, 0.25) is 0 Å². The first kappa shape index (κ1) is 19.8. The number of carboxylic acid groups (broad SMARTS) is 1. The number of hydrogen-bond acceptors (Lipinski definition) is 6. The normalized spacial score (nSPS) is 18.5. The number of ether oxygens (including phenoxy) is 2. The molecule has 1 saturated heterocycles. The van der Waals surface area contributed by atoms with Crippen LogP contribution in [0.3, 0.4) is 0 Å². The van der Waals surface area contributed by atoms with Crippen molar-refractivity contribution in [2.75, 3.05) is 12.9 Å². The van der Waals surface area contributed by atoms with E-state index in [0.717, 1.165) is 5.56 Å². The van der Waals surface area contributed by atoms with Gasteiger partial charge in [-0.1, -0.05) is 42.5 Å². The van der Waals surface area contributed by atoms with Gasteiger partial charge in [-0.15, -0.1) is 11.8 Å². The van der Waals surface area contributed by atoms with Crippen LogP contribution in [-0.2, 0) is 20.9 Å². The molecule has 1 N–H and O–H groups in total. The molecule has 0 saturated carbocycles. The molecule has 2 atom stereocenters. The number of methoxy groups -OCH3 is 1. The molecule has 1 amide bonds. The number of carbonyl (C=O) groups excluding carboxylic acids is 2. The fourth-order valence-electron chi connectivity index (χ4n) is 2.91. The number of benzene rings is 2. The summed E-state index contributed by atoms with van der Waals surface area (Å²) in [4.78, 5) is 37.4. The predicted molar refractivity (Wildman–Crippen MR) is 103 cm³/mol. The van der Waals surface area contributed by atoms with Crippen LogP contribution in [0.15, 0.2) is 54.6 Å². The SMILES string of the molecule is COC(=O)c1cccc(C2SCC(C(=O)O)N2C(=O)OCc2ccccc2)c1. The Hall–Kier alpha value is -3.00. The van der Waals surface area contributed by atoms with Gasteiger partial charge in [0.1, 0.15) is 18.0 Å². The zero-order valence-electron chi connectivity index (χ0n) is 15.1. The minimum absolute atomic E-state index is 0.0437. The molecular formula is C20H19NO6S. The van der Waals surface area contributed by atoms with E-state index in [1.807, 2.05) is 30.3 Å². The number of esters is 1. The Balaban J connectivity index is 1.83. The van der Waals surface area contributed by atoms with Gasteiger partial charge in [-0.25, -0.2) is 14.4 Å². The van der Waals surface area contributed by atoms with Gasteiger partial charge in [-0.2, -0.15) is 0 Å². The van der Waals surface area contributed by atoms with Crippen LogP contribution in [0.4, 0.5) is 4.79 Å². The van der Waals surface area contributed by atoms with E-state index in [1.165, 1.54) is 23.8 Å². The molecule has 0 aromatic heterocycles. The van der Waals surface area contributed by atoms with Crippen molar-refractivity contribution >= 4 is 29.8 Å². The predicted octanol–water partition coefficient (Wildman–Crippen LogP) is 3.31. The van der Waals surface area contributed by atoms with Gasteiger partial charge in [0.25, 0.3) is 0 Å². The maximum Gasteiger partial charge on any atom is 0.412 e. The average molecular weight is 401 g/mol. The molecule has 146 valence electrons. The zero-order chi connectivity index (χ0) is 20.1. The standard InChI is InChI=1S/C20H19NO6S/c1-26-19(24)15-9-5-8-14(10-15)17-21(16(12-28-17)18(22)23)20(25)27-11-13-6-3-2-4-7-13/h2-10,16-17H,11-12H2,1H3,(H,22,23). The molecule has 2 aromatic carbocycles. The first-order valence-electron chi connectivity index (χ1n) is 8.53. The Kier molecular flexibility index (Phi) is 6.20. The Bertz CT molecular complexity index is 872. The van der Waals surface area contributed by atoms with Crippen LogP contribution in [0.1, 0.15) is 26.9 Å². The fraction of sp³-hybridized carbons (Fsp3) is 0.250. The summed E-state index contributed by atoms with van der Waals surface area (Å²) in [5.41, 5.74) is 1.77. The van der Waals surface area contributed by atoms with Gasteiger partial charge in [0.05, 0.1) is 12.7 Å². The van der Waals surface area contributed by atoms with Crippen LogP contribution >= 0.6 is 11.8 Å². The van der Waals surface area contributed by atoms with Crippen molar-refractivity contribution in [3.8, 4) is 0 Å². The van der Waals surface area contributed by atoms with Crippen LogP contribution in [0.5, 0.6) is 0 Å². The lowest BCUT2D eigenvalue weighted by Gasteiger charge is -2.27. The average Bonchev–Trinajstić information content (AvgIpc) is 3.18. The van der Waals surface area contributed by atoms with Gasteiger partial charge in [-0.3, -0.25) is 4.90 Å². The van der Waals surface area contributed by atoms with E-state index in [0.29, 0.717) is 11.1 Å². The minimum Gasteiger partial charge on any atom is -0.480 e. The lowest BCUT2D eigenvalue weighted by molar-refractivity contribution is -0.141. The van der Waals surface area contributed by atoms with Crippen molar-refractivity contribution in [3.05, 3.63) is 71.3 Å². The Morgan fingerprint density at radius 2 is 1.89 bits per heavy atom. The number of thioether (sulfide) groups is 1. The highest BCUT2D eigenvalue weighted by Crippen LogP contribution is 2.42. The van der Waals surface area contributed by atoms with Gasteiger partial charge in [-0.05, 0) is 23.3 Å². The van der Waals surface area contributed by atoms with Crippen molar-refractivity contribution in [2.45, 2.75) is 18.0 Å². The molecular weight excluding hydrogens is 382 g/mol. The summed E-state index contributed by atoms with van der Waals surface area (Å²) in [7, 11) is 1.28. The summed E-state index contributed by atoms with van der Waals surface area (Å²) in [5.74, 6) is -1.38. The number of carbonyl (C=O) groups is 3. The van der Waals surface area contributed by atoms with Crippen molar-refractivity contribution in [2.24, 2.45) is 0 Å². The third kappa shape index (κ3) is 4.28. The van der Waals surface area contributed by atoms with Gasteiger partial charge in [0.2, 0.25) is 0 Å². The molecule has 0 spiro atoms. The van der Waals surface area contributed by atoms with Gasteiger partial charge >= 0.3 is 18.0 Å².